The minimum absolute atomic E-state index is 0.0209. The monoisotopic (exact) mass is 288 g/mol. The molecule has 22 heavy (non-hydrogen) atoms. The van der Waals surface area contributed by atoms with Crippen molar-refractivity contribution in [2.75, 3.05) is 0 Å². The highest BCUT2D eigenvalue weighted by Crippen LogP contribution is 2.32. The molecule has 0 saturated heterocycles. The zero-order chi connectivity index (χ0) is 14.9. The Morgan fingerprint density at radius 3 is 2.59 bits per heavy atom. The fourth-order valence-electron chi connectivity index (χ4n) is 3.22. The van der Waals surface area contributed by atoms with Gasteiger partial charge in [0.05, 0.1) is 0 Å². The number of pyridine rings is 1. The third-order valence-electron chi connectivity index (χ3n) is 4.32. The maximum absolute atomic E-state index is 12.5. The Balaban J connectivity index is 1.66. The Hall–Kier alpha value is -2.68. The van der Waals surface area contributed by atoms with E-state index in [9.17, 15) is 4.79 Å². The molecule has 0 saturated carbocycles. The van der Waals surface area contributed by atoms with Gasteiger partial charge in [-0.05, 0) is 58.5 Å². The number of carbonyl (C=O) groups excluding carboxylic acids is 1. The lowest BCUT2D eigenvalue weighted by Crippen LogP contribution is -2.23. The normalized spacial score (nSPS) is 12.5. The first kappa shape index (κ1) is 13.0. The van der Waals surface area contributed by atoms with Crippen LogP contribution in [0.3, 0.4) is 0 Å². The standard InChI is InChI=1S/C19H16N2O/c22-19(21-12-13-8-10-20-11-9-13)17-7-6-15-5-4-14-2-1-3-16(17)18(14)15/h1-3,6-11H,4-5,12H2,(H,21,22). The molecule has 0 unspecified atom stereocenters. The fourth-order valence-corrected chi connectivity index (χ4v) is 3.22. The molecular weight excluding hydrogens is 272 g/mol. The predicted octanol–water partition coefficient (Wildman–Crippen LogP) is 3.26. The van der Waals surface area contributed by atoms with E-state index in [1.165, 1.54) is 16.5 Å². The average molecular weight is 288 g/mol. The van der Waals surface area contributed by atoms with E-state index in [-0.39, 0.29) is 5.91 Å². The van der Waals surface area contributed by atoms with Crippen LogP contribution in [0.1, 0.15) is 27.0 Å². The molecule has 1 aliphatic carbocycles. The number of rotatable bonds is 3. The fraction of sp³-hybridized carbons (Fsp3) is 0.158. The maximum atomic E-state index is 12.5. The molecule has 0 atom stereocenters. The molecule has 4 rings (SSSR count). The summed E-state index contributed by atoms with van der Waals surface area (Å²) in [6, 6.07) is 14.1. The number of hydrogen-bond donors (Lipinski definition) is 1. The van der Waals surface area contributed by atoms with Crippen LogP contribution in [0.5, 0.6) is 0 Å². The Labute approximate surface area is 129 Å². The maximum Gasteiger partial charge on any atom is 0.252 e. The van der Waals surface area contributed by atoms with Crippen LogP contribution in [-0.2, 0) is 19.4 Å². The number of hydrogen-bond acceptors (Lipinski definition) is 2. The van der Waals surface area contributed by atoms with Crippen LogP contribution in [0.25, 0.3) is 10.8 Å². The molecule has 1 aromatic heterocycles. The second-order valence-electron chi connectivity index (χ2n) is 5.65. The minimum Gasteiger partial charge on any atom is -0.348 e. The van der Waals surface area contributed by atoms with E-state index in [4.69, 9.17) is 0 Å². The van der Waals surface area contributed by atoms with Crippen LogP contribution >= 0.6 is 0 Å². The summed E-state index contributed by atoms with van der Waals surface area (Å²) in [6.07, 6.45) is 5.63. The third kappa shape index (κ3) is 2.15. The lowest BCUT2D eigenvalue weighted by Gasteiger charge is -2.10. The van der Waals surface area contributed by atoms with Gasteiger partial charge in [0, 0.05) is 24.5 Å². The van der Waals surface area contributed by atoms with Gasteiger partial charge in [-0.3, -0.25) is 9.78 Å². The van der Waals surface area contributed by atoms with Crippen LogP contribution in [0.4, 0.5) is 0 Å². The third-order valence-corrected chi connectivity index (χ3v) is 4.32. The minimum atomic E-state index is -0.0209. The largest absolute Gasteiger partial charge is 0.348 e. The van der Waals surface area contributed by atoms with Gasteiger partial charge < -0.3 is 5.32 Å². The molecule has 0 spiro atoms. The predicted molar refractivity (Wildman–Crippen MR) is 86.8 cm³/mol. The van der Waals surface area contributed by atoms with Crippen molar-refractivity contribution in [2.45, 2.75) is 19.4 Å². The summed E-state index contributed by atoms with van der Waals surface area (Å²) in [6.45, 7) is 0.518. The van der Waals surface area contributed by atoms with E-state index in [1.807, 2.05) is 24.3 Å². The number of amides is 1. The first-order valence-electron chi connectivity index (χ1n) is 7.53. The van der Waals surface area contributed by atoms with Crippen LogP contribution in [-0.4, -0.2) is 10.9 Å². The smallest absolute Gasteiger partial charge is 0.252 e. The van der Waals surface area contributed by atoms with Gasteiger partial charge in [0.1, 0.15) is 0 Å². The summed E-state index contributed by atoms with van der Waals surface area (Å²) < 4.78 is 0. The van der Waals surface area contributed by atoms with E-state index >= 15 is 0 Å². The van der Waals surface area contributed by atoms with Crippen molar-refractivity contribution in [1.29, 1.82) is 0 Å². The first-order chi connectivity index (χ1) is 10.8. The first-order valence-corrected chi connectivity index (χ1v) is 7.53. The second-order valence-corrected chi connectivity index (χ2v) is 5.65. The van der Waals surface area contributed by atoms with Crippen molar-refractivity contribution in [3.63, 3.8) is 0 Å². The quantitative estimate of drug-likeness (QED) is 0.803. The van der Waals surface area contributed by atoms with Crippen molar-refractivity contribution < 1.29 is 4.79 Å². The van der Waals surface area contributed by atoms with Gasteiger partial charge in [0.2, 0.25) is 0 Å². The van der Waals surface area contributed by atoms with Crippen molar-refractivity contribution in [1.82, 2.24) is 10.3 Å². The van der Waals surface area contributed by atoms with Crippen molar-refractivity contribution >= 4 is 16.7 Å². The summed E-state index contributed by atoms with van der Waals surface area (Å²) in [4.78, 5) is 16.5. The zero-order valence-corrected chi connectivity index (χ0v) is 12.2. The zero-order valence-electron chi connectivity index (χ0n) is 12.2. The molecule has 0 bridgehead atoms. The summed E-state index contributed by atoms with van der Waals surface area (Å²) >= 11 is 0. The van der Waals surface area contributed by atoms with Crippen molar-refractivity contribution in [3.8, 4) is 0 Å². The Morgan fingerprint density at radius 1 is 1.00 bits per heavy atom. The summed E-state index contributed by atoms with van der Waals surface area (Å²) in [7, 11) is 0. The van der Waals surface area contributed by atoms with Crippen LogP contribution in [0.15, 0.2) is 54.9 Å². The molecule has 3 heteroatoms. The van der Waals surface area contributed by atoms with Crippen LogP contribution in [0, 0.1) is 0 Å². The highest BCUT2D eigenvalue weighted by molar-refractivity contribution is 6.09. The summed E-state index contributed by atoms with van der Waals surface area (Å²) in [5, 5.41) is 5.35. The number of nitrogens with zero attached hydrogens (tertiary/aromatic N) is 1. The van der Waals surface area contributed by atoms with Gasteiger partial charge in [-0.25, -0.2) is 0 Å². The molecule has 0 radical (unpaired) electrons. The number of benzene rings is 2. The lowest BCUT2D eigenvalue weighted by atomic mass is 9.99. The van der Waals surface area contributed by atoms with E-state index in [0.29, 0.717) is 6.54 Å². The summed E-state index contributed by atoms with van der Waals surface area (Å²) in [5.41, 5.74) is 4.53. The van der Waals surface area contributed by atoms with Gasteiger partial charge in [-0.1, -0.05) is 24.3 Å². The molecule has 0 fully saturated rings. The molecule has 1 N–H and O–H groups in total. The highest BCUT2D eigenvalue weighted by Gasteiger charge is 2.18. The Bertz CT molecular complexity index is 846. The van der Waals surface area contributed by atoms with Crippen molar-refractivity contribution in [2.24, 2.45) is 0 Å². The molecule has 108 valence electrons. The molecule has 2 aromatic carbocycles. The van der Waals surface area contributed by atoms with Crippen molar-refractivity contribution in [3.05, 3.63) is 77.1 Å². The SMILES string of the molecule is O=C(NCc1ccncc1)c1ccc2c3c(cccc13)CC2. The molecule has 1 amide bonds. The number of nitrogens with one attached hydrogen (secondary N) is 1. The number of aryl methyl sites for hydroxylation is 2. The molecule has 3 nitrogen and oxygen atoms in total. The summed E-state index contributed by atoms with van der Waals surface area (Å²) in [5.74, 6) is -0.0209. The van der Waals surface area contributed by atoms with E-state index in [2.05, 4.69) is 28.5 Å². The van der Waals surface area contributed by atoms with Gasteiger partial charge >= 0.3 is 0 Å². The molecule has 3 aromatic rings. The second kappa shape index (κ2) is 5.26. The molecular formula is C19H16N2O. The number of carbonyl (C=O) groups is 1. The highest BCUT2D eigenvalue weighted by atomic mass is 16.1. The molecule has 0 aliphatic heterocycles. The Kier molecular flexibility index (Phi) is 3.11. The number of aromatic nitrogens is 1. The van der Waals surface area contributed by atoms with E-state index in [1.54, 1.807) is 12.4 Å². The van der Waals surface area contributed by atoms with Gasteiger partial charge in [0.25, 0.3) is 5.91 Å². The van der Waals surface area contributed by atoms with Crippen LogP contribution in [0.2, 0.25) is 0 Å². The van der Waals surface area contributed by atoms with Gasteiger partial charge in [-0.15, -0.1) is 0 Å². The van der Waals surface area contributed by atoms with Gasteiger partial charge in [-0.2, -0.15) is 0 Å². The molecule has 1 heterocycles. The topological polar surface area (TPSA) is 42.0 Å². The van der Waals surface area contributed by atoms with Gasteiger partial charge in [0.15, 0.2) is 0 Å². The average Bonchev–Trinajstić information content (AvgIpc) is 2.99. The van der Waals surface area contributed by atoms with Crippen LogP contribution < -0.4 is 5.32 Å². The lowest BCUT2D eigenvalue weighted by molar-refractivity contribution is 0.0952. The van der Waals surface area contributed by atoms with E-state index < -0.39 is 0 Å². The van der Waals surface area contributed by atoms with E-state index in [0.717, 1.165) is 29.4 Å². The molecule has 1 aliphatic rings. The Morgan fingerprint density at radius 2 is 1.77 bits per heavy atom.